The zero-order valence-electron chi connectivity index (χ0n) is 11.2. The molecule has 0 fully saturated rings. The summed E-state index contributed by atoms with van der Waals surface area (Å²) >= 11 is 8.08. The van der Waals surface area contributed by atoms with Crippen molar-refractivity contribution in [1.29, 1.82) is 0 Å². The van der Waals surface area contributed by atoms with Gasteiger partial charge in [-0.1, -0.05) is 11.6 Å². The van der Waals surface area contributed by atoms with Gasteiger partial charge in [0.15, 0.2) is 0 Å². The molecule has 0 unspecified atom stereocenters. The minimum absolute atomic E-state index is 0.0300. The van der Waals surface area contributed by atoms with Crippen molar-refractivity contribution in [3.8, 4) is 5.75 Å². The molecule has 0 spiro atoms. The van der Waals surface area contributed by atoms with Crippen LogP contribution >= 0.6 is 34.2 Å². The van der Waals surface area contributed by atoms with Gasteiger partial charge in [-0.15, -0.1) is 0 Å². The van der Waals surface area contributed by atoms with Gasteiger partial charge in [0, 0.05) is 23.6 Å². The molecule has 110 valence electrons. The zero-order valence-corrected chi connectivity index (χ0v) is 14.1. The summed E-state index contributed by atoms with van der Waals surface area (Å²) in [6, 6.07) is 3.26. The molecule has 1 aromatic rings. The monoisotopic (exact) mass is 411 g/mol. The van der Waals surface area contributed by atoms with E-state index in [0.29, 0.717) is 29.3 Å². The first-order chi connectivity index (χ1) is 9.36. The minimum Gasteiger partial charge on any atom is -0.496 e. The summed E-state index contributed by atoms with van der Waals surface area (Å²) in [5.41, 5.74) is 0.371. The quantitative estimate of drug-likeness (QED) is 0.731. The molecule has 0 bridgehead atoms. The molecule has 20 heavy (non-hydrogen) atoms. The van der Waals surface area contributed by atoms with Crippen molar-refractivity contribution >= 4 is 46.1 Å². The molecular formula is C13H15ClINO4. The molecule has 5 nitrogen and oxygen atoms in total. The lowest BCUT2D eigenvalue weighted by Gasteiger charge is -2.18. The summed E-state index contributed by atoms with van der Waals surface area (Å²) in [5.74, 6) is -0.667. The molecule has 1 N–H and O–H groups in total. The van der Waals surface area contributed by atoms with Crippen LogP contribution in [0.25, 0.3) is 0 Å². The number of methoxy groups -OCH3 is 1. The van der Waals surface area contributed by atoms with Crippen LogP contribution in [0.5, 0.6) is 5.75 Å². The van der Waals surface area contributed by atoms with E-state index in [1.165, 1.54) is 12.0 Å². The number of hydrogen-bond acceptors (Lipinski definition) is 3. The number of carbonyl (C=O) groups is 2. The highest BCUT2D eigenvalue weighted by Crippen LogP contribution is 2.29. The highest BCUT2D eigenvalue weighted by molar-refractivity contribution is 14.1. The molecule has 0 saturated heterocycles. The van der Waals surface area contributed by atoms with Crippen molar-refractivity contribution in [1.82, 2.24) is 4.90 Å². The van der Waals surface area contributed by atoms with E-state index in [1.54, 1.807) is 19.2 Å². The third-order valence-corrected chi connectivity index (χ3v) is 4.23. The average Bonchev–Trinajstić information content (AvgIpc) is 2.39. The van der Waals surface area contributed by atoms with Gasteiger partial charge in [-0.2, -0.15) is 0 Å². The lowest BCUT2D eigenvalue weighted by atomic mass is 10.1. The average molecular weight is 412 g/mol. The van der Waals surface area contributed by atoms with Crippen LogP contribution in [0.4, 0.5) is 0 Å². The van der Waals surface area contributed by atoms with Crippen LogP contribution in [0.2, 0.25) is 5.02 Å². The van der Waals surface area contributed by atoms with Gasteiger partial charge >= 0.3 is 5.97 Å². The lowest BCUT2D eigenvalue weighted by molar-refractivity contribution is -0.137. The number of rotatable bonds is 6. The Morgan fingerprint density at radius 1 is 1.45 bits per heavy atom. The highest BCUT2D eigenvalue weighted by atomic mass is 127. The van der Waals surface area contributed by atoms with Crippen LogP contribution in [0.3, 0.4) is 0 Å². The number of carboxylic acid groups (broad SMARTS) is 1. The maximum atomic E-state index is 12.3. The summed E-state index contributed by atoms with van der Waals surface area (Å²) in [4.78, 5) is 24.2. The van der Waals surface area contributed by atoms with Crippen LogP contribution in [-0.2, 0) is 4.79 Å². The number of benzene rings is 1. The Morgan fingerprint density at radius 3 is 2.65 bits per heavy atom. The fourth-order valence-electron chi connectivity index (χ4n) is 1.64. The zero-order chi connectivity index (χ0) is 15.3. The standard InChI is InChI=1S/C13H15ClINO4/c1-16(5-3-4-12(17)18)13(19)8-6-9(14)10(15)7-11(8)20-2/h6-7H,3-5H2,1-2H3,(H,17,18). The van der Waals surface area contributed by atoms with Crippen LogP contribution in [-0.4, -0.2) is 42.6 Å². The number of nitrogens with zero attached hydrogens (tertiary/aromatic N) is 1. The second-order valence-corrected chi connectivity index (χ2v) is 5.76. The highest BCUT2D eigenvalue weighted by Gasteiger charge is 2.18. The van der Waals surface area contributed by atoms with E-state index in [2.05, 4.69) is 22.6 Å². The number of ether oxygens (including phenoxy) is 1. The number of aliphatic carboxylic acids is 1. The first-order valence-corrected chi connectivity index (χ1v) is 7.32. The molecule has 1 rings (SSSR count). The summed E-state index contributed by atoms with van der Waals surface area (Å²) < 4.78 is 5.99. The van der Waals surface area contributed by atoms with E-state index in [9.17, 15) is 9.59 Å². The molecule has 0 atom stereocenters. The maximum Gasteiger partial charge on any atom is 0.303 e. The Balaban J connectivity index is 2.85. The van der Waals surface area contributed by atoms with Crippen LogP contribution in [0.15, 0.2) is 12.1 Å². The maximum absolute atomic E-state index is 12.3. The van der Waals surface area contributed by atoms with Crippen molar-refractivity contribution in [2.75, 3.05) is 20.7 Å². The van der Waals surface area contributed by atoms with Gasteiger partial charge in [0.1, 0.15) is 5.75 Å². The normalized spacial score (nSPS) is 10.2. The van der Waals surface area contributed by atoms with Gasteiger partial charge in [-0.25, -0.2) is 0 Å². The second-order valence-electron chi connectivity index (χ2n) is 4.19. The summed E-state index contributed by atoms with van der Waals surface area (Å²) in [6.45, 7) is 0.359. The Kier molecular flexibility index (Phi) is 6.54. The molecule has 1 aromatic carbocycles. The molecule has 0 heterocycles. The summed E-state index contributed by atoms with van der Waals surface area (Å²) in [6.07, 6.45) is 0.431. The van der Waals surface area contributed by atoms with Gasteiger partial charge < -0.3 is 14.7 Å². The van der Waals surface area contributed by atoms with Gasteiger partial charge in [0.2, 0.25) is 0 Å². The van der Waals surface area contributed by atoms with E-state index >= 15 is 0 Å². The van der Waals surface area contributed by atoms with Crippen molar-refractivity contribution in [2.45, 2.75) is 12.8 Å². The first-order valence-electron chi connectivity index (χ1n) is 5.87. The number of amides is 1. The molecule has 0 aliphatic heterocycles. The third kappa shape index (κ3) is 4.52. The largest absolute Gasteiger partial charge is 0.496 e. The number of carbonyl (C=O) groups excluding carboxylic acids is 1. The van der Waals surface area contributed by atoms with Crippen molar-refractivity contribution in [3.63, 3.8) is 0 Å². The first kappa shape index (κ1) is 17.0. The van der Waals surface area contributed by atoms with E-state index in [-0.39, 0.29) is 12.3 Å². The lowest BCUT2D eigenvalue weighted by Crippen LogP contribution is -2.28. The Labute approximate surface area is 136 Å². The predicted octanol–water partition coefficient (Wildman–Crippen LogP) is 2.89. The number of hydrogen-bond donors (Lipinski definition) is 1. The molecule has 0 radical (unpaired) electrons. The van der Waals surface area contributed by atoms with E-state index < -0.39 is 5.97 Å². The Bertz CT molecular complexity index is 521. The number of carboxylic acids is 1. The molecule has 0 aliphatic rings. The van der Waals surface area contributed by atoms with Crippen LogP contribution in [0, 0.1) is 3.57 Å². The third-order valence-electron chi connectivity index (χ3n) is 2.70. The van der Waals surface area contributed by atoms with Gasteiger partial charge in [-0.3, -0.25) is 9.59 Å². The van der Waals surface area contributed by atoms with Gasteiger partial charge in [0.05, 0.1) is 17.7 Å². The van der Waals surface area contributed by atoms with Crippen molar-refractivity contribution < 1.29 is 19.4 Å². The van der Waals surface area contributed by atoms with E-state index in [1.807, 2.05) is 0 Å². The summed E-state index contributed by atoms with van der Waals surface area (Å²) in [5, 5.41) is 9.07. The predicted molar refractivity (Wildman–Crippen MR) is 84.6 cm³/mol. The Hall–Kier alpha value is -1.02. The van der Waals surface area contributed by atoms with Crippen molar-refractivity contribution in [2.24, 2.45) is 0 Å². The molecule has 0 saturated carbocycles. The van der Waals surface area contributed by atoms with Gasteiger partial charge in [0.25, 0.3) is 5.91 Å². The molecule has 0 aromatic heterocycles. The second kappa shape index (κ2) is 7.68. The smallest absolute Gasteiger partial charge is 0.303 e. The molecular weight excluding hydrogens is 397 g/mol. The molecule has 0 aliphatic carbocycles. The fourth-order valence-corrected chi connectivity index (χ4v) is 2.24. The minimum atomic E-state index is -0.874. The SMILES string of the molecule is COc1cc(I)c(Cl)cc1C(=O)N(C)CCCC(=O)O. The fraction of sp³-hybridized carbons (Fsp3) is 0.385. The van der Waals surface area contributed by atoms with Crippen molar-refractivity contribution in [3.05, 3.63) is 26.3 Å². The summed E-state index contributed by atoms with van der Waals surface area (Å²) in [7, 11) is 3.11. The number of halogens is 2. The van der Waals surface area contributed by atoms with Gasteiger partial charge in [-0.05, 0) is 41.1 Å². The van der Waals surface area contributed by atoms with E-state index in [0.717, 1.165) is 3.57 Å². The Morgan fingerprint density at radius 2 is 2.10 bits per heavy atom. The molecule has 7 heteroatoms. The van der Waals surface area contributed by atoms with Crippen LogP contribution in [0.1, 0.15) is 23.2 Å². The van der Waals surface area contributed by atoms with Crippen LogP contribution < -0.4 is 4.74 Å². The van der Waals surface area contributed by atoms with E-state index in [4.69, 9.17) is 21.4 Å². The molecule has 1 amide bonds. The topological polar surface area (TPSA) is 66.8 Å².